The molecule has 0 aromatic heterocycles. The Hall–Kier alpha value is -0.610. The van der Waals surface area contributed by atoms with Gasteiger partial charge in [0.2, 0.25) is 6.29 Å². The first-order valence-corrected chi connectivity index (χ1v) is 4.13. The monoisotopic (exact) mass is 207 g/mol. The van der Waals surface area contributed by atoms with Gasteiger partial charge in [0.25, 0.3) is 0 Å². The molecule has 0 amide bonds. The number of rotatable bonds is 2. The number of esters is 1. The van der Waals surface area contributed by atoms with Crippen LogP contribution in [0.3, 0.4) is 0 Å². The van der Waals surface area contributed by atoms with Crippen molar-refractivity contribution >= 4 is 24.7 Å². The zero-order valence-corrected chi connectivity index (χ0v) is 8.09. The van der Waals surface area contributed by atoms with Crippen molar-refractivity contribution in [3.05, 3.63) is 0 Å². The highest BCUT2D eigenvalue weighted by Gasteiger charge is 2.21. The largest absolute Gasteiger partial charge is 0.457 e. The standard InChI is InChI=1S/C8H13NO3.ClH/c9-6-1-3-7(4-2-6)12-8(11)5-10;/h5-7H,1-4,9H2;1H. The minimum absolute atomic E-state index is 0. The average Bonchev–Trinajstić information content (AvgIpc) is 2.09. The maximum atomic E-state index is 10.5. The van der Waals surface area contributed by atoms with E-state index in [0.717, 1.165) is 25.7 Å². The number of carbonyl (C=O) groups excluding carboxylic acids is 2. The quantitative estimate of drug-likeness (QED) is 0.405. The van der Waals surface area contributed by atoms with E-state index in [-0.39, 0.29) is 30.8 Å². The van der Waals surface area contributed by atoms with Gasteiger partial charge >= 0.3 is 5.97 Å². The van der Waals surface area contributed by atoms with Gasteiger partial charge in [-0.3, -0.25) is 4.79 Å². The summed E-state index contributed by atoms with van der Waals surface area (Å²) in [5.74, 6) is -0.768. The zero-order chi connectivity index (χ0) is 8.97. The maximum Gasteiger partial charge on any atom is 0.371 e. The van der Waals surface area contributed by atoms with Gasteiger partial charge in [0.05, 0.1) is 0 Å². The molecule has 0 atom stereocenters. The fourth-order valence-corrected chi connectivity index (χ4v) is 1.40. The number of halogens is 1. The van der Waals surface area contributed by atoms with Crippen molar-refractivity contribution in [3.8, 4) is 0 Å². The van der Waals surface area contributed by atoms with Crippen LogP contribution >= 0.6 is 12.4 Å². The molecule has 1 fully saturated rings. The van der Waals surface area contributed by atoms with Crippen molar-refractivity contribution in [2.24, 2.45) is 5.73 Å². The summed E-state index contributed by atoms with van der Waals surface area (Å²) in [6.07, 6.45) is 3.41. The molecule has 0 saturated heterocycles. The third-order valence-corrected chi connectivity index (χ3v) is 2.10. The van der Waals surface area contributed by atoms with E-state index in [1.54, 1.807) is 0 Å². The van der Waals surface area contributed by atoms with E-state index in [1.165, 1.54) is 0 Å². The van der Waals surface area contributed by atoms with Crippen LogP contribution in [-0.4, -0.2) is 24.4 Å². The SMILES string of the molecule is Cl.NC1CCC(OC(=O)C=O)CC1. The minimum atomic E-state index is -0.768. The lowest BCUT2D eigenvalue weighted by molar-refractivity contribution is -0.154. The average molecular weight is 208 g/mol. The number of nitrogens with two attached hydrogens (primary N) is 1. The van der Waals surface area contributed by atoms with Crippen LogP contribution in [0.1, 0.15) is 25.7 Å². The first kappa shape index (κ1) is 12.4. The summed E-state index contributed by atoms with van der Waals surface area (Å²) < 4.78 is 4.83. The van der Waals surface area contributed by atoms with E-state index >= 15 is 0 Å². The lowest BCUT2D eigenvalue weighted by Crippen LogP contribution is -2.31. The minimum Gasteiger partial charge on any atom is -0.457 e. The van der Waals surface area contributed by atoms with Gasteiger partial charge in [-0.25, -0.2) is 4.79 Å². The molecule has 5 heteroatoms. The second kappa shape index (κ2) is 5.94. The number of carbonyl (C=O) groups is 2. The summed E-state index contributed by atoms with van der Waals surface area (Å²) in [6, 6.07) is 0.233. The molecule has 0 heterocycles. The lowest BCUT2D eigenvalue weighted by atomic mass is 9.94. The third kappa shape index (κ3) is 4.24. The van der Waals surface area contributed by atoms with Crippen LogP contribution in [-0.2, 0) is 14.3 Å². The smallest absolute Gasteiger partial charge is 0.371 e. The van der Waals surface area contributed by atoms with Gasteiger partial charge in [0.15, 0.2) is 0 Å². The molecular weight excluding hydrogens is 194 g/mol. The summed E-state index contributed by atoms with van der Waals surface area (Å²) in [6.45, 7) is 0. The van der Waals surface area contributed by atoms with Crippen LogP contribution in [0.5, 0.6) is 0 Å². The molecule has 0 bridgehead atoms. The Morgan fingerprint density at radius 3 is 2.31 bits per heavy atom. The van der Waals surface area contributed by atoms with Crippen LogP contribution in [0.15, 0.2) is 0 Å². The maximum absolute atomic E-state index is 10.5. The highest BCUT2D eigenvalue weighted by molar-refractivity contribution is 6.20. The molecule has 1 saturated carbocycles. The predicted octanol–water partition coefficient (Wildman–Crippen LogP) is 0.420. The van der Waals surface area contributed by atoms with E-state index in [9.17, 15) is 9.59 Å². The van der Waals surface area contributed by atoms with Gasteiger partial charge < -0.3 is 10.5 Å². The molecule has 4 nitrogen and oxygen atoms in total. The van der Waals surface area contributed by atoms with E-state index < -0.39 is 5.97 Å². The Bertz CT molecular complexity index is 178. The van der Waals surface area contributed by atoms with E-state index in [0.29, 0.717) is 0 Å². The molecule has 2 N–H and O–H groups in total. The topological polar surface area (TPSA) is 69.4 Å². The molecule has 0 aliphatic heterocycles. The number of hydrogen-bond donors (Lipinski definition) is 1. The van der Waals surface area contributed by atoms with E-state index in [2.05, 4.69) is 0 Å². The molecule has 0 radical (unpaired) electrons. The summed E-state index contributed by atoms with van der Waals surface area (Å²) in [5, 5.41) is 0. The molecule has 0 aromatic carbocycles. The second-order valence-corrected chi connectivity index (χ2v) is 3.09. The van der Waals surface area contributed by atoms with Crippen molar-refractivity contribution in [2.45, 2.75) is 37.8 Å². The van der Waals surface area contributed by atoms with E-state index in [4.69, 9.17) is 10.5 Å². The van der Waals surface area contributed by atoms with Crippen LogP contribution in [0.25, 0.3) is 0 Å². The second-order valence-electron chi connectivity index (χ2n) is 3.09. The Morgan fingerprint density at radius 2 is 1.85 bits per heavy atom. The summed E-state index contributed by atoms with van der Waals surface area (Å²) in [7, 11) is 0. The number of ether oxygens (including phenoxy) is 1. The van der Waals surface area contributed by atoms with Crippen molar-refractivity contribution in [1.29, 1.82) is 0 Å². The van der Waals surface area contributed by atoms with Gasteiger partial charge in [0, 0.05) is 6.04 Å². The number of aldehydes is 1. The molecule has 1 aliphatic rings. The molecular formula is C8H14ClNO3. The Labute approximate surface area is 83.2 Å². The van der Waals surface area contributed by atoms with E-state index in [1.807, 2.05) is 0 Å². The summed E-state index contributed by atoms with van der Waals surface area (Å²) in [5.41, 5.74) is 5.65. The fraction of sp³-hybridized carbons (Fsp3) is 0.750. The first-order valence-electron chi connectivity index (χ1n) is 4.13. The van der Waals surface area contributed by atoms with Crippen LogP contribution in [0, 0.1) is 0 Å². The fourth-order valence-electron chi connectivity index (χ4n) is 1.40. The normalized spacial score (nSPS) is 27.2. The van der Waals surface area contributed by atoms with Crippen molar-refractivity contribution in [1.82, 2.24) is 0 Å². The van der Waals surface area contributed by atoms with Crippen molar-refractivity contribution in [3.63, 3.8) is 0 Å². The Morgan fingerprint density at radius 1 is 1.31 bits per heavy atom. The van der Waals surface area contributed by atoms with Crippen molar-refractivity contribution < 1.29 is 14.3 Å². The van der Waals surface area contributed by atoms with Gasteiger partial charge in [-0.2, -0.15) is 0 Å². The van der Waals surface area contributed by atoms with Crippen molar-refractivity contribution in [2.75, 3.05) is 0 Å². The van der Waals surface area contributed by atoms with Crippen LogP contribution in [0.2, 0.25) is 0 Å². The Kier molecular flexibility index (Phi) is 5.66. The highest BCUT2D eigenvalue weighted by Crippen LogP contribution is 2.19. The van der Waals surface area contributed by atoms with Crippen LogP contribution in [0.4, 0.5) is 0 Å². The molecule has 0 spiro atoms. The molecule has 1 aliphatic carbocycles. The summed E-state index contributed by atoms with van der Waals surface area (Å²) >= 11 is 0. The van der Waals surface area contributed by atoms with Crippen LogP contribution < -0.4 is 5.73 Å². The zero-order valence-electron chi connectivity index (χ0n) is 7.27. The molecule has 0 unspecified atom stereocenters. The van der Waals surface area contributed by atoms with Gasteiger partial charge in [0.1, 0.15) is 6.10 Å². The van der Waals surface area contributed by atoms with Gasteiger partial charge in [-0.15, -0.1) is 12.4 Å². The van der Waals surface area contributed by atoms with Gasteiger partial charge in [-0.1, -0.05) is 0 Å². The molecule has 76 valence electrons. The summed E-state index contributed by atoms with van der Waals surface area (Å²) in [4.78, 5) is 20.5. The predicted molar refractivity (Wildman–Crippen MR) is 49.6 cm³/mol. The molecule has 0 aromatic rings. The molecule has 1 rings (SSSR count). The third-order valence-electron chi connectivity index (χ3n) is 2.10. The first-order chi connectivity index (χ1) is 5.72. The highest BCUT2D eigenvalue weighted by atomic mass is 35.5. The number of hydrogen-bond acceptors (Lipinski definition) is 4. The lowest BCUT2D eigenvalue weighted by Gasteiger charge is -2.24. The Balaban J connectivity index is 0.00000144. The van der Waals surface area contributed by atoms with Gasteiger partial charge in [-0.05, 0) is 25.7 Å². The molecule has 13 heavy (non-hydrogen) atoms.